The van der Waals surface area contributed by atoms with Crippen molar-refractivity contribution in [2.24, 2.45) is 0 Å². The summed E-state index contributed by atoms with van der Waals surface area (Å²) >= 11 is 0. The minimum atomic E-state index is 1.07. The van der Waals surface area contributed by atoms with Gasteiger partial charge in [0.15, 0.2) is 0 Å². The Hall–Kier alpha value is -4.04. The maximum Gasteiger partial charge on any atom is 0.0463 e. The van der Waals surface area contributed by atoms with E-state index in [0.29, 0.717) is 0 Å². The van der Waals surface area contributed by atoms with Crippen molar-refractivity contribution in [1.29, 1.82) is 0 Å². The molecule has 0 aliphatic carbocycles. The lowest BCUT2D eigenvalue weighted by atomic mass is 10.1. The van der Waals surface area contributed by atoms with Crippen LogP contribution in [0.1, 0.15) is 11.1 Å². The second-order valence-electron chi connectivity index (χ2n) is 8.21. The Bertz CT molecular complexity index is 1280. The molecule has 0 amide bonds. The second kappa shape index (κ2) is 8.60. The van der Waals surface area contributed by atoms with Gasteiger partial charge < -0.3 is 10.2 Å². The molecule has 0 aliphatic rings. The number of hydrogen-bond acceptors (Lipinski definition) is 2. The molecule has 0 bridgehead atoms. The van der Waals surface area contributed by atoms with E-state index in [9.17, 15) is 0 Å². The Labute approximate surface area is 189 Å². The van der Waals surface area contributed by atoms with E-state index in [4.69, 9.17) is 0 Å². The van der Waals surface area contributed by atoms with Crippen LogP contribution >= 0.6 is 0 Å². The quantitative estimate of drug-likeness (QED) is 0.309. The van der Waals surface area contributed by atoms with Crippen molar-refractivity contribution in [2.75, 3.05) is 10.2 Å². The van der Waals surface area contributed by atoms with Crippen LogP contribution in [0.5, 0.6) is 0 Å². The fourth-order valence-corrected chi connectivity index (χ4v) is 4.02. The summed E-state index contributed by atoms with van der Waals surface area (Å²) in [6, 6.07) is 40.8. The van der Waals surface area contributed by atoms with Gasteiger partial charge in [-0.05, 0) is 73.8 Å². The van der Waals surface area contributed by atoms with E-state index in [1.807, 2.05) is 0 Å². The predicted octanol–water partition coefficient (Wildman–Crippen LogP) is 8.67. The number of nitrogens with zero attached hydrogens (tertiary/aromatic N) is 1. The third-order valence-electron chi connectivity index (χ3n) is 5.78. The average Bonchev–Trinajstić information content (AvgIpc) is 2.83. The molecule has 0 heterocycles. The van der Waals surface area contributed by atoms with Crippen molar-refractivity contribution in [1.82, 2.24) is 0 Å². The summed E-state index contributed by atoms with van der Waals surface area (Å²) in [5.74, 6) is 0. The first-order chi connectivity index (χ1) is 15.7. The predicted molar refractivity (Wildman–Crippen MR) is 138 cm³/mol. The van der Waals surface area contributed by atoms with Gasteiger partial charge in [0.05, 0.1) is 0 Å². The van der Waals surface area contributed by atoms with E-state index in [1.54, 1.807) is 0 Å². The highest BCUT2D eigenvalue weighted by atomic mass is 15.1. The monoisotopic (exact) mass is 414 g/mol. The van der Waals surface area contributed by atoms with Crippen molar-refractivity contribution < 1.29 is 0 Å². The summed E-state index contributed by atoms with van der Waals surface area (Å²) in [6.45, 7) is 4.24. The van der Waals surface area contributed by atoms with Gasteiger partial charge in [-0.1, -0.05) is 71.8 Å². The molecule has 0 spiro atoms. The van der Waals surface area contributed by atoms with Gasteiger partial charge in [0, 0.05) is 33.8 Å². The highest BCUT2D eigenvalue weighted by molar-refractivity contribution is 5.95. The van der Waals surface area contributed by atoms with Gasteiger partial charge in [-0.15, -0.1) is 0 Å². The first kappa shape index (κ1) is 19.9. The van der Waals surface area contributed by atoms with Crippen molar-refractivity contribution in [3.8, 4) is 0 Å². The number of rotatable bonds is 5. The SMILES string of the molecule is Cc1ccc(N(c2ccc(C)cc2)c2ccc(Nc3cccc4ccccc34)cc2)cc1. The fraction of sp³-hybridized carbons (Fsp3) is 0.0667. The van der Waals surface area contributed by atoms with Crippen LogP contribution in [0.2, 0.25) is 0 Å². The van der Waals surface area contributed by atoms with E-state index >= 15 is 0 Å². The van der Waals surface area contributed by atoms with Crippen LogP contribution in [0.3, 0.4) is 0 Å². The van der Waals surface area contributed by atoms with E-state index < -0.39 is 0 Å². The lowest BCUT2D eigenvalue weighted by molar-refractivity contribution is 1.27. The van der Waals surface area contributed by atoms with Gasteiger partial charge in [-0.2, -0.15) is 0 Å². The molecule has 0 aliphatic heterocycles. The molecule has 5 aromatic carbocycles. The normalized spacial score (nSPS) is 10.8. The molecular weight excluding hydrogens is 388 g/mol. The van der Waals surface area contributed by atoms with Gasteiger partial charge in [0.2, 0.25) is 0 Å². The lowest BCUT2D eigenvalue weighted by Gasteiger charge is -2.26. The molecular formula is C30H26N2. The Morgan fingerprint density at radius 2 is 1.00 bits per heavy atom. The lowest BCUT2D eigenvalue weighted by Crippen LogP contribution is -2.10. The molecule has 0 atom stereocenters. The zero-order valence-corrected chi connectivity index (χ0v) is 18.4. The van der Waals surface area contributed by atoms with Crippen LogP contribution in [0.4, 0.5) is 28.4 Å². The molecule has 1 N–H and O–H groups in total. The Balaban J connectivity index is 1.49. The molecule has 0 radical (unpaired) electrons. The summed E-state index contributed by atoms with van der Waals surface area (Å²) in [5, 5.41) is 6.05. The third kappa shape index (κ3) is 4.08. The van der Waals surface area contributed by atoms with Crippen molar-refractivity contribution in [2.45, 2.75) is 13.8 Å². The molecule has 156 valence electrons. The Morgan fingerprint density at radius 1 is 0.500 bits per heavy atom. The summed E-state index contributed by atoms with van der Waals surface area (Å²) in [5.41, 5.74) is 8.12. The van der Waals surface area contributed by atoms with E-state index in [-0.39, 0.29) is 0 Å². The van der Waals surface area contributed by atoms with Gasteiger partial charge in [-0.25, -0.2) is 0 Å². The topological polar surface area (TPSA) is 15.3 Å². The first-order valence-electron chi connectivity index (χ1n) is 11.0. The van der Waals surface area contributed by atoms with Crippen LogP contribution < -0.4 is 10.2 Å². The smallest absolute Gasteiger partial charge is 0.0463 e. The van der Waals surface area contributed by atoms with Crippen LogP contribution in [-0.4, -0.2) is 0 Å². The van der Waals surface area contributed by atoms with E-state index in [2.05, 4.69) is 139 Å². The fourth-order valence-electron chi connectivity index (χ4n) is 4.02. The molecule has 5 rings (SSSR count). The summed E-state index contributed by atoms with van der Waals surface area (Å²) in [4.78, 5) is 2.29. The van der Waals surface area contributed by atoms with Crippen molar-refractivity contribution >= 4 is 39.2 Å². The minimum absolute atomic E-state index is 1.07. The summed E-state index contributed by atoms with van der Waals surface area (Å²) in [7, 11) is 0. The highest BCUT2D eigenvalue weighted by Gasteiger charge is 2.12. The largest absolute Gasteiger partial charge is 0.355 e. The molecule has 2 heteroatoms. The van der Waals surface area contributed by atoms with Crippen molar-refractivity contribution in [3.63, 3.8) is 0 Å². The zero-order valence-electron chi connectivity index (χ0n) is 18.4. The van der Waals surface area contributed by atoms with Gasteiger partial charge in [0.25, 0.3) is 0 Å². The number of nitrogens with one attached hydrogen (secondary N) is 1. The highest BCUT2D eigenvalue weighted by Crippen LogP contribution is 2.36. The summed E-state index contributed by atoms with van der Waals surface area (Å²) in [6.07, 6.45) is 0. The molecule has 32 heavy (non-hydrogen) atoms. The molecule has 0 fully saturated rings. The van der Waals surface area contributed by atoms with Crippen LogP contribution in [-0.2, 0) is 0 Å². The standard InChI is InChI=1S/C30H26N2/c1-22-10-16-26(17-11-22)32(27-18-12-23(2)13-19-27)28-20-14-25(15-21-28)31-30-9-5-7-24-6-3-4-8-29(24)30/h3-21,31H,1-2H3. The number of aryl methyl sites for hydroxylation is 2. The minimum Gasteiger partial charge on any atom is -0.355 e. The number of benzene rings is 5. The third-order valence-corrected chi connectivity index (χ3v) is 5.78. The van der Waals surface area contributed by atoms with Gasteiger partial charge in [-0.3, -0.25) is 0 Å². The Morgan fingerprint density at radius 3 is 1.59 bits per heavy atom. The second-order valence-corrected chi connectivity index (χ2v) is 8.21. The molecule has 0 unspecified atom stereocenters. The number of fused-ring (bicyclic) bond motifs is 1. The number of anilines is 5. The van der Waals surface area contributed by atoms with Crippen LogP contribution in [0, 0.1) is 13.8 Å². The first-order valence-corrected chi connectivity index (χ1v) is 11.0. The molecule has 2 nitrogen and oxygen atoms in total. The molecule has 0 saturated carbocycles. The van der Waals surface area contributed by atoms with Crippen LogP contribution in [0.15, 0.2) is 115 Å². The summed E-state index contributed by atoms with van der Waals surface area (Å²) < 4.78 is 0. The number of hydrogen-bond donors (Lipinski definition) is 1. The van der Waals surface area contributed by atoms with Gasteiger partial charge >= 0.3 is 0 Å². The van der Waals surface area contributed by atoms with Crippen LogP contribution in [0.25, 0.3) is 10.8 Å². The maximum atomic E-state index is 3.59. The molecule has 0 saturated heterocycles. The Kier molecular flexibility index (Phi) is 5.35. The maximum absolute atomic E-state index is 3.59. The van der Waals surface area contributed by atoms with Crippen molar-refractivity contribution in [3.05, 3.63) is 126 Å². The average molecular weight is 415 g/mol. The van der Waals surface area contributed by atoms with E-state index in [0.717, 1.165) is 28.4 Å². The van der Waals surface area contributed by atoms with E-state index in [1.165, 1.54) is 21.9 Å². The van der Waals surface area contributed by atoms with Gasteiger partial charge in [0.1, 0.15) is 0 Å². The zero-order chi connectivity index (χ0) is 21.9. The molecule has 0 aromatic heterocycles. The molecule has 5 aromatic rings.